The number of imide groups is 1. The summed E-state index contributed by atoms with van der Waals surface area (Å²) in [5, 5.41) is 3.54. The summed E-state index contributed by atoms with van der Waals surface area (Å²) >= 11 is 0. The number of rotatable bonds is 6. The average molecular weight is 228 g/mol. The molecule has 0 aromatic rings. The van der Waals surface area contributed by atoms with Gasteiger partial charge in [-0.25, -0.2) is 4.79 Å². The number of hydroxylamine groups is 2. The Morgan fingerprint density at radius 1 is 1.31 bits per heavy atom. The summed E-state index contributed by atoms with van der Waals surface area (Å²) in [6, 6.07) is 0. The van der Waals surface area contributed by atoms with E-state index in [9.17, 15) is 14.4 Å². The van der Waals surface area contributed by atoms with Crippen molar-refractivity contribution in [2.24, 2.45) is 0 Å². The second kappa shape index (κ2) is 6.22. The number of hydrogen-bond acceptors (Lipinski definition) is 5. The molecule has 1 aliphatic heterocycles. The lowest BCUT2D eigenvalue weighted by molar-refractivity contribution is -0.197. The van der Waals surface area contributed by atoms with E-state index in [-0.39, 0.29) is 19.3 Å². The topological polar surface area (TPSA) is 75.7 Å². The van der Waals surface area contributed by atoms with E-state index in [4.69, 9.17) is 4.84 Å². The van der Waals surface area contributed by atoms with Crippen LogP contribution < -0.4 is 5.32 Å². The SMILES string of the molecule is CNCCCCC(=O)ON1C(=O)CCC1=O. The van der Waals surface area contributed by atoms with E-state index >= 15 is 0 Å². The molecule has 16 heavy (non-hydrogen) atoms. The molecule has 0 aromatic carbocycles. The summed E-state index contributed by atoms with van der Waals surface area (Å²) in [4.78, 5) is 38.2. The van der Waals surface area contributed by atoms with Crippen molar-refractivity contribution in [1.29, 1.82) is 0 Å². The molecule has 1 aliphatic rings. The fraction of sp³-hybridized carbons (Fsp3) is 0.700. The Labute approximate surface area is 93.9 Å². The predicted octanol–water partition coefficient (Wildman–Crippen LogP) is -0.0167. The first-order valence-electron chi connectivity index (χ1n) is 5.36. The van der Waals surface area contributed by atoms with Crippen LogP contribution in [0.3, 0.4) is 0 Å². The quantitative estimate of drug-likeness (QED) is 0.511. The lowest BCUT2D eigenvalue weighted by Gasteiger charge is -2.12. The van der Waals surface area contributed by atoms with Crippen molar-refractivity contribution >= 4 is 17.8 Å². The molecule has 0 saturated carbocycles. The van der Waals surface area contributed by atoms with Crippen LogP contribution in [0.4, 0.5) is 0 Å². The summed E-state index contributed by atoms with van der Waals surface area (Å²) in [6.07, 6.45) is 2.01. The Balaban J connectivity index is 2.23. The highest BCUT2D eigenvalue weighted by molar-refractivity contribution is 6.01. The minimum absolute atomic E-state index is 0.131. The fourth-order valence-electron chi connectivity index (χ4n) is 1.38. The molecule has 1 N–H and O–H groups in total. The van der Waals surface area contributed by atoms with Crippen LogP contribution in [-0.2, 0) is 19.2 Å². The molecule has 0 radical (unpaired) electrons. The Bertz CT molecular complexity index is 275. The highest BCUT2D eigenvalue weighted by atomic mass is 16.7. The highest BCUT2D eigenvalue weighted by Crippen LogP contribution is 2.13. The zero-order chi connectivity index (χ0) is 12.0. The summed E-state index contributed by atoms with van der Waals surface area (Å²) in [5.74, 6) is -1.40. The van der Waals surface area contributed by atoms with E-state index in [1.165, 1.54) is 0 Å². The van der Waals surface area contributed by atoms with Crippen LogP contribution in [0.5, 0.6) is 0 Å². The van der Waals surface area contributed by atoms with Gasteiger partial charge >= 0.3 is 5.97 Å². The third-order valence-electron chi connectivity index (χ3n) is 2.26. The zero-order valence-electron chi connectivity index (χ0n) is 9.32. The molecule has 0 atom stereocenters. The molecule has 0 spiro atoms. The molecule has 6 nitrogen and oxygen atoms in total. The van der Waals surface area contributed by atoms with Gasteiger partial charge in [-0.3, -0.25) is 9.59 Å². The van der Waals surface area contributed by atoms with Gasteiger partial charge in [0.1, 0.15) is 0 Å². The molecule has 1 rings (SSSR count). The van der Waals surface area contributed by atoms with Gasteiger partial charge in [0.05, 0.1) is 0 Å². The van der Waals surface area contributed by atoms with Crippen LogP contribution in [-0.4, -0.2) is 36.4 Å². The first kappa shape index (κ1) is 12.6. The summed E-state index contributed by atoms with van der Waals surface area (Å²) in [6.45, 7) is 0.828. The lowest BCUT2D eigenvalue weighted by Crippen LogP contribution is -2.32. The fourth-order valence-corrected chi connectivity index (χ4v) is 1.38. The van der Waals surface area contributed by atoms with Crippen LogP contribution in [0, 0.1) is 0 Å². The van der Waals surface area contributed by atoms with Crippen molar-refractivity contribution in [3.05, 3.63) is 0 Å². The van der Waals surface area contributed by atoms with Crippen LogP contribution >= 0.6 is 0 Å². The van der Waals surface area contributed by atoms with Gasteiger partial charge in [0.15, 0.2) is 0 Å². The maximum absolute atomic E-state index is 11.3. The van der Waals surface area contributed by atoms with Crippen LogP contribution in [0.25, 0.3) is 0 Å². The first-order chi connectivity index (χ1) is 7.65. The van der Waals surface area contributed by atoms with Gasteiger partial charge in [0.2, 0.25) is 0 Å². The van der Waals surface area contributed by atoms with Crippen molar-refractivity contribution in [2.75, 3.05) is 13.6 Å². The zero-order valence-corrected chi connectivity index (χ0v) is 9.32. The van der Waals surface area contributed by atoms with Crippen LogP contribution in [0.1, 0.15) is 32.1 Å². The third-order valence-corrected chi connectivity index (χ3v) is 2.26. The number of nitrogens with one attached hydrogen (secondary N) is 1. The van der Waals surface area contributed by atoms with Gasteiger partial charge in [0, 0.05) is 19.3 Å². The molecule has 1 saturated heterocycles. The van der Waals surface area contributed by atoms with Crippen LogP contribution in [0.2, 0.25) is 0 Å². The van der Waals surface area contributed by atoms with Crippen LogP contribution in [0.15, 0.2) is 0 Å². The van der Waals surface area contributed by atoms with E-state index < -0.39 is 17.8 Å². The number of carbonyl (C=O) groups excluding carboxylic acids is 3. The molecule has 0 aromatic heterocycles. The largest absolute Gasteiger partial charge is 0.333 e. The summed E-state index contributed by atoms with van der Waals surface area (Å²) in [5.41, 5.74) is 0. The normalized spacial score (nSPS) is 15.7. The van der Waals surface area contributed by atoms with Gasteiger partial charge in [-0.05, 0) is 26.4 Å². The second-order valence-electron chi connectivity index (χ2n) is 3.61. The molecule has 1 fully saturated rings. The van der Waals surface area contributed by atoms with Gasteiger partial charge in [-0.1, -0.05) is 0 Å². The highest BCUT2D eigenvalue weighted by Gasteiger charge is 2.32. The maximum atomic E-state index is 11.3. The monoisotopic (exact) mass is 228 g/mol. The van der Waals surface area contributed by atoms with Gasteiger partial charge < -0.3 is 10.2 Å². The molecule has 0 bridgehead atoms. The van der Waals surface area contributed by atoms with E-state index in [1.807, 2.05) is 7.05 Å². The van der Waals surface area contributed by atoms with Crippen molar-refractivity contribution in [1.82, 2.24) is 10.4 Å². The number of carbonyl (C=O) groups is 3. The van der Waals surface area contributed by atoms with E-state index in [1.54, 1.807) is 0 Å². The van der Waals surface area contributed by atoms with Gasteiger partial charge in [-0.2, -0.15) is 0 Å². The van der Waals surface area contributed by atoms with Crippen molar-refractivity contribution in [3.8, 4) is 0 Å². The molecule has 6 heteroatoms. The van der Waals surface area contributed by atoms with Crippen molar-refractivity contribution < 1.29 is 19.2 Å². The molecule has 0 unspecified atom stereocenters. The smallest absolute Gasteiger partial charge is 0.330 e. The third kappa shape index (κ3) is 3.62. The molecular weight excluding hydrogens is 212 g/mol. The summed E-state index contributed by atoms with van der Waals surface area (Å²) < 4.78 is 0. The molecular formula is C10H16N2O4. The second-order valence-corrected chi connectivity index (χ2v) is 3.61. The van der Waals surface area contributed by atoms with E-state index in [0.717, 1.165) is 13.0 Å². The lowest BCUT2D eigenvalue weighted by atomic mass is 10.2. The minimum Gasteiger partial charge on any atom is -0.330 e. The first-order valence-corrected chi connectivity index (χ1v) is 5.36. The molecule has 1 heterocycles. The Hall–Kier alpha value is -1.43. The molecule has 2 amide bonds. The Morgan fingerprint density at radius 3 is 2.50 bits per heavy atom. The van der Waals surface area contributed by atoms with Gasteiger partial charge in [0.25, 0.3) is 11.8 Å². The Kier molecular flexibility index (Phi) is 4.91. The van der Waals surface area contributed by atoms with Crippen molar-refractivity contribution in [3.63, 3.8) is 0 Å². The van der Waals surface area contributed by atoms with Gasteiger partial charge in [-0.15, -0.1) is 5.06 Å². The molecule has 0 aliphatic carbocycles. The Morgan fingerprint density at radius 2 is 1.94 bits per heavy atom. The maximum Gasteiger partial charge on any atom is 0.333 e. The number of unbranched alkanes of at least 4 members (excludes halogenated alkanes) is 1. The van der Waals surface area contributed by atoms with E-state index in [2.05, 4.69) is 5.32 Å². The minimum atomic E-state index is -0.528. The average Bonchev–Trinajstić information content (AvgIpc) is 2.56. The van der Waals surface area contributed by atoms with Crippen molar-refractivity contribution in [2.45, 2.75) is 32.1 Å². The number of nitrogens with zero attached hydrogens (tertiary/aromatic N) is 1. The summed E-state index contributed by atoms with van der Waals surface area (Å²) in [7, 11) is 1.83. The predicted molar refractivity (Wildman–Crippen MR) is 55.0 cm³/mol. The molecule has 90 valence electrons. The standard InChI is InChI=1S/C10H16N2O4/c1-11-7-3-2-4-10(15)16-12-8(13)5-6-9(12)14/h11H,2-7H2,1H3. The number of amides is 2. The number of hydrogen-bond donors (Lipinski definition) is 1. The van der Waals surface area contributed by atoms with E-state index in [0.29, 0.717) is 11.5 Å².